The lowest BCUT2D eigenvalue weighted by molar-refractivity contribution is 0.249. The van der Waals surface area contributed by atoms with Gasteiger partial charge < -0.3 is 19.1 Å². The molecule has 0 N–H and O–H groups in total. The minimum Gasteiger partial charge on any atom is -0.497 e. The molecular weight excluding hydrogens is 316 g/mol. The maximum Gasteiger partial charge on any atom is 0.161 e. The third-order valence-electron chi connectivity index (χ3n) is 4.66. The maximum atomic E-state index is 5.40. The summed E-state index contributed by atoms with van der Waals surface area (Å²) < 4.78 is 15.9. The molecule has 0 spiro atoms. The molecule has 0 aromatic heterocycles. The Balaban J connectivity index is 1.57. The first-order valence-electron chi connectivity index (χ1n) is 8.55. The summed E-state index contributed by atoms with van der Waals surface area (Å²) in [4.78, 5) is 4.89. The van der Waals surface area contributed by atoms with Crippen LogP contribution in [0.4, 0.5) is 5.69 Å². The molecule has 0 amide bonds. The van der Waals surface area contributed by atoms with Crippen molar-refractivity contribution in [1.82, 2.24) is 4.90 Å². The lowest BCUT2D eigenvalue weighted by Gasteiger charge is -2.36. The normalized spacial score (nSPS) is 15.1. The average Bonchev–Trinajstić information content (AvgIpc) is 2.68. The van der Waals surface area contributed by atoms with E-state index >= 15 is 0 Å². The molecule has 5 nitrogen and oxygen atoms in total. The van der Waals surface area contributed by atoms with E-state index in [9.17, 15) is 0 Å². The van der Waals surface area contributed by atoms with Gasteiger partial charge in [-0.05, 0) is 42.0 Å². The fraction of sp³-hybridized carbons (Fsp3) is 0.400. The number of anilines is 1. The Labute approximate surface area is 149 Å². The van der Waals surface area contributed by atoms with E-state index in [0.717, 1.165) is 50.0 Å². The summed E-state index contributed by atoms with van der Waals surface area (Å²) in [6.45, 7) is 5.07. The van der Waals surface area contributed by atoms with Gasteiger partial charge in [-0.3, -0.25) is 4.90 Å². The monoisotopic (exact) mass is 342 g/mol. The SMILES string of the molecule is COc1ccc(N2CCN(Cc3ccc(OC)c(OC)c3)CC2)cc1. The van der Waals surface area contributed by atoms with Crippen LogP contribution < -0.4 is 19.1 Å². The molecule has 0 atom stereocenters. The highest BCUT2D eigenvalue weighted by atomic mass is 16.5. The van der Waals surface area contributed by atoms with Gasteiger partial charge in [0.05, 0.1) is 21.3 Å². The van der Waals surface area contributed by atoms with Crippen LogP contribution in [-0.4, -0.2) is 52.4 Å². The van der Waals surface area contributed by atoms with Gasteiger partial charge in [0.25, 0.3) is 0 Å². The molecule has 1 aliphatic rings. The second-order valence-corrected chi connectivity index (χ2v) is 6.15. The molecule has 0 unspecified atom stereocenters. The summed E-state index contributed by atoms with van der Waals surface area (Å²) in [7, 11) is 5.03. The van der Waals surface area contributed by atoms with E-state index in [-0.39, 0.29) is 0 Å². The van der Waals surface area contributed by atoms with Crippen LogP contribution in [0.1, 0.15) is 5.56 Å². The standard InChI is InChI=1S/C20H26N2O3/c1-23-18-7-5-17(6-8-18)22-12-10-21(11-13-22)15-16-4-9-19(24-2)20(14-16)25-3/h4-9,14H,10-13,15H2,1-3H3. The van der Waals surface area contributed by atoms with Crippen LogP contribution in [0.5, 0.6) is 17.2 Å². The third-order valence-corrected chi connectivity index (χ3v) is 4.66. The molecule has 134 valence electrons. The molecule has 5 heteroatoms. The molecule has 1 heterocycles. The molecule has 2 aromatic rings. The number of hydrogen-bond donors (Lipinski definition) is 0. The van der Waals surface area contributed by atoms with Crippen molar-refractivity contribution in [1.29, 1.82) is 0 Å². The molecule has 0 bridgehead atoms. The van der Waals surface area contributed by atoms with Crippen LogP contribution in [0.2, 0.25) is 0 Å². The first kappa shape index (κ1) is 17.4. The second kappa shape index (κ2) is 8.12. The van der Waals surface area contributed by atoms with Gasteiger partial charge in [-0.2, -0.15) is 0 Å². The summed E-state index contributed by atoms with van der Waals surface area (Å²) in [5.41, 5.74) is 2.50. The lowest BCUT2D eigenvalue weighted by Crippen LogP contribution is -2.45. The summed E-state index contributed by atoms with van der Waals surface area (Å²) in [6.07, 6.45) is 0. The minimum absolute atomic E-state index is 0.774. The largest absolute Gasteiger partial charge is 0.497 e. The van der Waals surface area contributed by atoms with Crippen molar-refractivity contribution < 1.29 is 14.2 Å². The van der Waals surface area contributed by atoms with E-state index in [1.165, 1.54) is 11.3 Å². The molecule has 1 fully saturated rings. The van der Waals surface area contributed by atoms with E-state index in [0.29, 0.717) is 0 Å². The van der Waals surface area contributed by atoms with Gasteiger partial charge in [0.15, 0.2) is 11.5 Å². The van der Waals surface area contributed by atoms with Crippen LogP contribution in [0, 0.1) is 0 Å². The van der Waals surface area contributed by atoms with Gasteiger partial charge in [0.1, 0.15) is 5.75 Å². The molecule has 3 rings (SSSR count). The summed E-state index contributed by atoms with van der Waals surface area (Å²) >= 11 is 0. The van der Waals surface area contributed by atoms with Crippen molar-refractivity contribution in [3.8, 4) is 17.2 Å². The molecular formula is C20H26N2O3. The molecule has 25 heavy (non-hydrogen) atoms. The van der Waals surface area contributed by atoms with Gasteiger partial charge >= 0.3 is 0 Å². The van der Waals surface area contributed by atoms with Gasteiger partial charge in [-0.25, -0.2) is 0 Å². The molecule has 1 aliphatic heterocycles. The number of rotatable bonds is 6. The van der Waals surface area contributed by atoms with Crippen molar-refractivity contribution in [2.75, 3.05) is 52.4 Å². The van der Waals surface area contributed by atoms with Crippen LogP contribution >= 0.6 is 0 Å². The van der Waals surface area contributed by atoms with E-state index in [4.69, 9.17) is 14.2 Å². The third kappa shape index (κ3) is 4.17. The predicted molar refractivity (Wildman–Crippen MR) is 100 cm³/mol. The van der Waals surface area contributed by atoms with Crippen molar-refractivity contribution in [2.45, 2.75) is 6.54 Å². The van der Waals surface area contributed by atoms with Gasteiger partial charge in [-0.1, -0.05) is 6.07 Å². The van der Waals surface area contributed by atoms with Crippen LogP contribution in [0.25, 0.3) is 0 Å². The number of nitrogens with zero attached hydrogens (tertiary/aromatic N) is 2. The van der Waals surface area contributed by atoms with E-state index in [1.54, 1.807) is 21.3 Å². The van der Waals surface area contributed by atoms with Gasteiger partial charge in [0, 0.05) is 38.4 Å². The molecule has 1 saturated heterocycles. The summed E-state index contributed by atoms with van der Waals surface area (Å²) in [5.74, 6) is 2.46. The van der Waals surface area contributed by atoms with Gasteiger partial charge in [-0.15, -0.1) is 0 Å². The van der Waals surface area contributed by atoms with Crippen molar-refractivity contribution in [2.24, 2.45) is 0 Å². The number of piperazine rings is 1. The highest BCUT2D eigenvalue weighted by Crippen LogP contribution is 2.28. The first-order chi connectivity index (χ1) is 12.2. The van der Waals surface area contributed by atoms with Gasteiger partial charge in [0.2, 0.25) is 0 Å². The second-order valence-electron chi connectivity index (χ2n) is 6.15. The van der Waals surface area contributed by atoms with E-state index in [2.05, 4.69) is 34.1 Å². The fourth-order valence-corrected chi connectivity index (χ4v) is 3.19. The van der Waals surface area contributed by atoms with Crippen LogP contribution in [0.3, 0.4) is 0 Å². The zero-order valence-electron chi connectivity index (χ0n) is 15.2. The van der Waals surface area contributed by atoms with Crippen molar-refractivity contribution in [3.63, 3.8) is 0 Å². The van der Waals surface area contributed by atoms with E-state index in [1.807, 2.05) is 18.2 Å². The zero-order chi connectivity index (χ0) is 17.6. The number of ether oxygens (including phenoxy) is 3. The highest BCUT2D eigenvalue weighted by molar-refractivity contribution is 5.49. The first-order valence-corrected chi connectivity index (χ1v) is 8.55. The Kier molecular flexibility index (Phi) is 5.66. The zero-order valence-corrected chi connectivity index (χ0v) is 15.2. The smallest absolute Gasteiger partial charge is 0.161 e. The Morgan fingerprint density at radius 3 is 2.04 bits per heavy atom. The predicted octanol–water partition coefficient (Wildman–Crippen LogP) is 3.03. The van der Waals surface area contributed by atoms with Crippen molar-refractivity contribution in [3.05, 3.63) is 48.0 Å². The fourth-order valence-electron chi connectivity index (χ4n) is 3.19. The molecule has 0 radical (unpaired) electrons. The maximum absolute atomic E-state index is 5.40. The van der Waals surface area contributed by atoms with E-state index < -0.39 is 0 Å². The number of methoxy groups -OCH3 is 3. The quantitative estimate of drug-likeness (QED) is 0.806. The summed E-state index contributed by atoms with van der Waals surface area (Å²) in [6, 6.07) is 14.4. The van der Waals surface area contributed by atoms with Crippen LogP contribution in [-0.2, 0) is 6.54 Å². The topological polar surface area (TPSA) is 34.2 Å². The molecule has 0 aliphatic carbocycles. The number of hydrogen-bond acceptors (Lipinski definition) is 5. The lowest BCUT2D eigenvalue weighted by atomic mass is 10.1. The number of benzene rings is 2. The van der Waals surface area contributed by atoms with Crippen molar-refractivity contribution >= 4 is 5.69 Å². The average molecular weight is 342 g/mol. The highest BCUT2D eigenvalue weighted by Gasteiger charge is 2.18. The van der Waals surface area contributed by atoms with Crippen LogP contribution in [0.15, 0.2) is 42.5 Å². The molecule has 0 saturated carbocycles. The Morgan fingerprint density at radius 1 is 0.760 bits per heavy atom. The Bertz CT molecular complexity index is 680. The Hall–Kier alpha value is -2.40. The summed E-state index contributed by atoms with van der Waals surface area (Å²) in [5, 5.41) is 0. The Morgan fingerprint density at radius 2 is 1.44 bits per heavy atom. The minimum atomic E-state index is 0.774. The molecule has 2 aromatic carbocycles.